The monoisotopic (exact) mass is 274 g/mol. The van der Waals surface area contributed by atoms with E-state index in [1.54, 1.807) is 12.1 Å². The minimum atomic E-state index is -0.645. The summed E-state index contributed by atoms with van der Waals surface area (Å²) in [6.45, 7) is 10.1. The molecule has 1 aliphatic rings. The van der Waals surface area contributed by atoms with E-state index in [0.29, 0.717) is 0 Å². The summed E-state index contributed by atoms with van der Waals surface area (Å²) in [5, 5.41) is 10.2. The van der Waals surface area contributed by atoms with Gasteiger partial charge in [0.15, 0.2) is 0 Å². The summed E-state index contributed by atoms with van der Waals surface area (Å²) >= 11 is 0. The molecular weight excluding hydrogens is 251 g/mol. The summed E-state index contributed by atoms with van der Waals surface area (Å²) in [7, 11) is -0.417. The van der Waals surface area contributed by atoms with Gasteiger partial charge in [-0.05, 0) is 40.2 Å². The number of aryl methyl sites for hydroxylation is 1. The summed E-state index contributed by atoms with van der Waals surface area (Å²) in [6, 6.07) is 7.83. The van der Waals surface area contributed by atoms with Gasteiger partial charge in [-0.2, -0.15) is 0 Å². The van der Waals surface area contributed by atoms with E-state index in [0.717, 1.165) is 11.1 Å². The highest BCUT2D eigenvalue weighted by Crippen LogP contribution is 2.37. The predicted molar refractivity (Wildman–Crippen MR) is 81.4 cm³/mol. The van der Waals surface area contributed by atoms with E-state index in [1.807, 2.05) is 58.9 Å². The smallest absolute Gasteiger partial charge is 0.400 e. The summed E-state index contributed by atoms with van der Waals surface area (Å²) in [5.74, 6) is 1.78. The maximum atomic E-state index is 10.2. The minimum Gasteiger partial charge on any atom is -0.400 e. The zero-order chi connectivity index (χ0) is 15.0. The first-order valence-electron chi connectivity index (χ1n) is 7.00. The van der Waals surface area contributed by atoms with Crippen LogP contribution in [0.3, 0.4) is 0 Å². The van der Waals surface area contributed by atoms with Gasteiger partial charge in [-0.25, -0.2) is 0 Å². The van der Waals surface area contributed by atoms with Gasteiger partial charge < -0.3 is 14.4 Å². The van der Waals surface area contributed by atoms with Crippen LogP contribution in [0.5, 0.6) is 0 Å². The lowest BCUT2D eigenvalue weighted by Crippen LogP contribution is -2.41. The van der Waals surface area contributed by atoms with Crippen LogP contribution in [0, 0.1) is 6.92 Å². The van der Waals surface area contributed by atoms with Crippen molar-refractivity contribution in [3.8, 4) is 0 Å². The molecule has 1 fully saturated rings. The lowest BCUT2D eigenvalue weighted by Gasteiger charge is -2.32. The zero-order valence-electron chi connectivity index (χ0n) is 12.9. The molecule has 1 heterocycles. The van der Waals surface area contributed by atoms with Crippen LogP contribution >= 0.6 is 0 Å². The molecule has 1 aromatic rings. The number of aliphatic hydroxyl groups is 1. The summed E-state index contributed by atoms with van der Waals surface area (Å²) in [5.41, 5.74) is 1.30. The molecule has 1 aliphatic heterocycles. The molecule has 3 nitrogen and oxygen atoms in total. The Bertz CT molecular complexity index is 492. The lowest BCUT2D eigenvalue weighted by molar-refractivity contribution is 0.00578. The van der Waals surface area contributed by atoms with Gasteiger partial charge in [-0.1, -0.05) is 41.9 Å². The average Bonchev–Trinajstić information content (AvgIpc) is 2.55. The van der Waals surface area contributed by atoms with Crippen molar-refractivity contribution in [2.75, 3.05) is 0 Å². The van der Waals surface area contributed by atoms with Gasteiger partial charge in [0.1, 0.15) is 0 Å². The molecule has 1 aromatic carbocycles. The molecule has 0 spiro atoms. The highest BCUT2D eigenvalue weighted by Gasteiger charge is 2.50. The second kappa shape index (κ2) is 5.36. The molecule has 1 saturated heterocycles. The van der Waals surface area contributed by atoms with Crippen molar-refractivity contribution in [3.63, 3.8) is 0 Å². The van der Waals surface area contributed by atoms with Gasteiger partial charge in [0.2, 0.25) is 0 Å². The predicted octanol–water partition coefficient (Wildman–Crippen LogP) is 3.22. The van der Waals surface area contributed by atoms with Crippen LogP contribution in [0.4, 0.5) is 0 Å². The number of hydrogen-bond acceptors (Lipinski definition) is 3. The van der Waals surface area contributed by atoms with Crippen molar-refractivity contribution >= 4 is 7.12 Å². The molecule has 0 radical (unpaired) electrons. The maximum absolute atomic E-state index is 10.2. The van der Waals surface area contributed by atoms with Crippen molar-refractivity contribution in [1.29, 1.82) is 0 Å². The van der Waals surface area contributed by atoms with Crippen molar-refractivity contribution in [1.82, 2.24) is 0 Å². The van der Waals surface area contributed by atoms with Crippen LogP contribution in [0.15, 0.2) is 36.3 Å². The highest BCUT2D eigenvalue weighted by molar-refractivity contribution is 6.51. The molecule has 1 unspecified atom stereocenters. The van der Waals surface area contributed by atoms with Crippen LogP contribution in [-0.4, -0.2) is 23.4 Å². The fraction of sp³-hybridized carbons (Fsp3) is 0.500. The Morgan fingerprint density at radius 2 is 1.75 bits per heavy atom. The van der Waals surface area contributed by atoms with Crippen LogP contribution in [0.2, 0.25) is 0 Å². The normalized spacial score (nSPS) is 22.4. The van der Waals surface area contributed by atoms with Crippen LogP contribution in [0.25, 0.3) is 0 Å². The Morgan fingerprint density at radius 1 is 1.15 bits per heavy atom. The Kier molecular flexibility index (Phi) is 4.10. The summed E-state index contributed by atoms with van der Waals surface area (Å²) in [6.07, 6.45) is 1.07. The number of rotatable bonds is 3. The largest absolute Gasteiger partial charge is 0.486 e. The Hall–Kier alpha value is -1.10. The van der Waals surface area contributed by atoms with E-state index in [1.165, 1.54) is 0 Å². The topological polar surface area (TPSA) is 38.7 Å². The third-order valence-electron chi connectivity index (χ3n) is 4.11. The maximum Gasteiger partial charge on any atom is 0.486 e. The molecule has 1 atom stereocenters. The summed E-state index contributed by atoms with van der Waals surface area (Å²) < 4.78 is 11.7. The molecule has 0 aromatic heterocycles. The van der Waals surface area contributed by atoms with E-state index in [-0.39, 0.29) is 11.2 Å². The molecule has 4 heteroatoms. The van der Waals surface area contributed by atoms with E-state index in [4.69, 9.17) is 9.31 Å². The van der Waals surface area contributed by atoms with Crippen molar-refractivity contribution in [3.05, 3.63) is 47.4 Å². The van der Waals surface area contributed by atoms with Gasteiger partial charge in [-0.15, -0.1) is 0 Å². The van der Waals surface area contributed by atoms with Crippen LogP contribution in [-0.2, 0) is 9.31 Å². The van der Waals surface area contributed by atoms with Crippen LogP contribution < -0.4 is 0 Å². The second-order valence-electron chi connectivity index (χ2n) is 6.37. The van der Waals surface area contributed by atoms with Gasteiger partial charge >= 0.3 is 7.12 Å². The molecule has 0 bridgehead atoms. The highest BCUT2D eigenvalue weighted by atomic mass is 16.7. The van der Waals surface area contributed by atoms with Gasteiger partial charge in [-0.3, -0.25) is 0 Å². The van der Waals surface area contributed by atoms with Gasteiger partial charge in [0, 0.05) is 0 Å². The van der Waals surface area contributed by atoms with Gasteiger partial charge in [0.05, 0.1) is 17.3 Å². The summed E-state index contributed by atoms with van der Waals surface area (Å²) in [4.78, 5) is 0. The first-order valence-corrected chi connectivity index (χ1v) is 7.00. The molecule has 0 amide bonds. The van der Waals surface area contributed by atoms with E-state index in [9.17, 15) is 5.11 Å². The molecule has 20 heavy (non-hydrogen) atoms. The average molecular weight is 274 g/mol. The first kappa shape index (κ1) is 15.3. The zero-order valence-corrected chi connectivity index (χ0v) is 12.9. The Morgan fingerprint density at radius 3 is 2.30 bits per heavy atom. The SMILES string of the molecule is Cc1cccc(C(O)/C=C/B2OC(C)(C)C(C)(C)O2)c1. The quantitative estimate of drug-likeness (QED) is 0.860. The third-order valence-corrected chi connectivity index (χ3v) is 4.11. The van der Waals surface area contributed by atoms with E-state index < -0.39 is 13.2 Å². The third kappa shape index (κ3) is 3.14. The molecule has 108 valence electrons. The fourth-order valence-corrected chi connectivity index (χ4v) is 2.13. The lowest BCUT2D eigenvalue weighted by atomic mass is 9.88. The van der Waals surface area contributed by atoms with Gasteiger partial charge in [0.25, 0.3) is 0 Å². The number of benzene rings is 1. The number of aliphatic hydroxyl groups excluding tert-OH is 1. The molecule has 2 rings (SSSR count). The molecule has 0 aliphatic carbocycles. The number of hydrogen-bond donors (Lipinski definition) is 1. The Balaban J connectivity index is 2.04. The van der Waals surface area contributed by atoms with Crippen molar-refractivity contribution < 1.29 is 14.4 Å². The standard InChI is InChI=1S/C16H23BO3/c1-12-7-6-8-13(11-12)14(18)9-10-17-19-15(2,3)16(4,5)20-17/h6-11,14,18H,1-5H3/b10-9+. The Labute approximate surface area is 121 Å². The van der Waals surface area contributed by atoms with E-state index >= 15 is 0 Å². The van der Waals surface area contributed by atoms with E-state index in [2.05, 4.69) is 0 Å². The van der Waals surface area contributed by atoms with Crippen molar-refractivity contribution in [2.24, 2.45) is 0 Å². The molecule has 0 saturated carbocycles. The first-order chi connectivity index (χ1) is 9.21. The fourth-order valence-electron chi connectivity index (χ4n) is 2.13. The second-order valence-corrected chi connectivity index (χ2v) is 6.37. The molecular formula is C16H23BO3. The van der Waals surface area contributed by atoms with Crippen LogP contribution in [0.1, 0.15) is 44.9 Å². The van der Waals surface area contributed by atoms with Crippen molar-refractivity contribution in [2.45, 2.75) is 51.9 Å². The minimum absolute atomic E-state index is 0.351. The molecule has 1 N–H and O–H groups in total.